The van der Waals surface area contributed by atoms with Crippen LogP contribution < -0.4 is 5.73 Å². The van der Waals surface area contributed by atoms with Gasteiger partial charge in [-0.1, -0.05) is 0 Å². The number of ether oxygens (including phenoxy) is 1. The van der Waals surface area contributed by atoms with Crippen LogP contribution in [0.2, 0.25) is 0 Å². The Labute approximate surface area is 138 Å². The zero-order valence-corrected chi connectivity index (χ0v) is 13.5. The Balaban J connectivity index is 1.47. The van der Waals surface area contributed by atoms with Crippen molar-refractivity contribution in [2.75, 3.05) is 18.9 Å². The van der Waals surface area contributed by atoms with Crippen molar-refractivity contribution in [1.82, 2.24) is 15.1 Å². The molecule has 0 aliphatic carbocycles. The van der Waals surface area contributed by atoms with Gasteiger partial charge in [0.2, 0.25) is 5.91 Å². The Morgan fingerprint density at radius 2 is 2.35 bits per heavy atom. The molecule has 2 aromatic heterocycles. The molecule has 7 heteroatoms. The van der Waals surface area contributed by atoms with Crippen LogP contribution in [-0.2, 0) is 28.9 Å². The number of aromatic nitrogens is 2. The third kappa shape index (κ3) is 2.82. The van der Waals surface area contributed by atoms with Crippen molar-refractivity contribution in [1.29, 1.82) is 0 Å². The molecule has 4 heterocycles. The van der Waals surface area contributed by atoms with Gasteiger partial charge < -0.3 is 15.4 Å². The number of hydrogen-bond donors (Lipinski definition) is 1. The minimum absolute atomic E-state index is 0.112. The summed E-state index contributed by atoms with van der Waals surface area (Å²) < 4.78 is 5.83. The van der Waals surface area contributed by atoms with Crippen molar-refractivity contribution in [3.8, 4) is 0 Å². The molecule has 0 saturated carbocycles. The van der Waals surface area contributed by atoms with E-state index < -0.39 is 0 Å². The molecule has 0 bridgehead atoms. The average Bonchev–Trinajstić information content (AvgIpc) is 3.03. The van der Waals surface area contributed by atoms with Crippen molar-refractivity contribution < 1.29 is 9.53 Å². The lowest BCUT2D eigenvalue weighted by Crippen LogP contribution is -2.37. The molecule has 0 fully saturated rings. The minimum Gasteiger partial charge on any atom is -0.382 e. The third-order valence-corrected chi connectivity index (χ3v) is 5.44. The smallest absolute Gasteiger partial charge is 0.225 e. The second-order valence-corrected chi connectivity index (χ2v) is 6.92. The van der Waals surface area contributed by atoms with E-state index in [0.717, 1.165) is 24.1 Å². The maximum Gasteiger partial charge on any atom is 0.225 e. The van der Waals surface area contributed by atoms with Gasteiger partial charge in [0.05, 0.1) is 24.8 Å². The summed E-state index contributed by atoms with van der Waals surface area (Å²) in [4.78, 5) is 15.9. The summed E-state index contributed by atoms with van der Waals surface area (Å²) >= 11 is 1.75. The predicted molar refractivity (Wildman–Crippen MR) is 86.9 cm³/mol. The number of anilines is 1. The summed E-state index contributed by atoms with van der Waals surface area (Å²) in [6.07, 6.45) is 1.96. The van der Waals surface area contributed by atoms with E-state index in [4.69, 9.17) is 10.5 Å². The molecular weight excluding hydrogens is 312 g/mol. The summed E-state index contributed by atoms with van der Waals surface area (Å²) in [6.45, 7) is 1.92. The lowest BCUT2D eigenvalue weighted by atomic mass is 10.0. The molecule has 0 saturated heterocycles. The first kappa shape index (κ1) is 14.6. The Morgan fingerprint density at radius 1 is 1.43 bits per heavy atom. The zero-order chi connectivity index (χ0) is 15.8. The Hall–Kier alpha value is -1.99. The summed E-state index contributed by atoms with van der Waals surface area (Å²) in [5.74, 6) is 0.520. The number of carbonyl (C=O) groups is 1. The first-order valence-electron chi connectivity index (χ1n) is 7.77. The maximum absolute atomic E-state index is 12.7. The Bertz CT molecular complexity index is 745. The van der Waals surface area contributed by atoms with Gasteiger partial charge in [-0.25, -0.2) is 0 Å². The van der Waals surface area contributed by atoms with E-state index in [9.17, 15) is 4.79 Å². The monoisotopic (exact) mass is 330 g/mol. The number of carbonyl (C=O) groups excluding carboxylic acids is 1. The minimum atomic E-state index is -0.112. The largest absolute Gasteiger partial charge is 0.382 e. The first-order valence-corrected chi connectivity index (χ1v) is 8.65. The summed E-state index contributed by atoms with van der Waals surface area (Å²) in [7, 11) is 0. The van der Waals surface area contributed by atoms with Gasteiger partial charge >= 0.3 is 0 Å². The fourth-order valence-electron chi connectivity index (χ4n) is 3.24. The molecule has 0 spiro atoms. The molecule has 2 aliphatic rings. The fraction of sp³-hybridized carbons (Fsp3) is 0.438. The van der Waals surface area contributed by atoms with Crippen molar-refractivity contribution in [2.45, 2.75) is 31.9 Å². The first-order chi connectivity index (χ1) is 11.2. The second-order valence-electron chi connectivity index (χ2n) is 5.92. The lowest BCUT2D eigenvalue weighted by molar-refractivity contribution is -0.135. The topological polar surface area (TPSA) is 81.3 Å². The molecular formula is C16H18N4O2S. The fourth-order valence-corrected chi connectivity index (χ4v) is 4.16. The van der Waals surface area contributed by atoms with Crippen molar-refractivity contribution in [2.24, 2.45) is 0 Å². The van der Waals surface area contributed by atoms with Gasteiger partial charge in [-0.05, 0) is 28.6 Å². The van der Waals surface area contributed by atoms with Crippen LogP contribution in [0.15, 0.2) is 17.5 Å². The van der Waals surface area contributed by atoms with E-state index in [1.807, 2.05) is 11.0 Å². The highest BCUT2D eigenvalue weighted by molar-refractivity contribution is 7.10. The number of nitrogen functional groups attached to an aromatic ring is 1. The third-order valence-electron chi connectivity index (χ3n) is 4.45. The number of nitrogens with zero attached hydrogens (tertiary/aromatic N) is 3. The van der Waals surface area contributed by atoms with Gasteiger partial charge in [0, 0.05) is 30.8 Å². The van der Waals surface area contributed by atoms with E-state index in [-0.39, 0.29) is 12.0 Å². The van der Waals surface area contributed by atoms with E-state index in [1.165, 1.54) is 10.4 Å². The molecule has 1 amide bonds. The highest BCUT2D eigenvalue weighted by atomic mass is 32.1. The maximum atomic E-state index is 12.7. The van der Waals surface area contributed by atoms with Crippen LogP contribution in [0.1, 0.15) is 34.2 Å². The Morgan fingerprint density at radius 3 is 3.26 bits per heavy atom. The molecule has 0 unspecified atom stereocenters. The highest BCUT2D eigenvalue weighted by Gasteiger charge is 2.28. The van der Waals surface area contributed by atoms with Gasteiger partial charge in [0.1, 0.15) is 5.82 Å². The van der Waals surface area contributed by atoms with Crippen LogP contribution in [0.3, 0.4) is 0 Å². The van der Waals surface area contributed by atoms with Crippen LogP contribution in [0.5, 0.6) is 0 Å². The standard InChI is InChI=1S/C16H18N4O2S/c17-15-7-10-9-20(4-1-12(10)18-19-15)16(21)8-13-11-3-6-23-14(11)2-5-22-13/h3,6-7,13H,1-2,4-5,8-9H2,(H2,17,19)/t13-/m0/s1. The molecule has 2 N–H and O–H groups in total. The average molecular weight is 330 g/mol. The molecule has 0 aromatic carbocycles. The van der Waals surface area contributed by atoms with Crippen LogP contribution in [0.4, 0.5) is 5.82 Å². The second kappa shape index (κ2) is 5.90. The lowest BCUT2D eigenvalue weighted by Gasteiger charge is -2.30. The van der Waals surface area contributed by atoms with Crippen LogP contribution in [0.25, 0.3) is 0 Å². The number of hydrogen-bond acceptors (Lipinski definition) is 6. The number of nitrogens with two attached hydrogens (primary N) is 1. The molecule has 120 valence electrons. The van der Waals surface area contributed by atoms with Gasteiger partial charge in [-0.15, -0.1) is 16.4 Å². The number of amides is 1. The summed E-state index contributed by atoms with van der Waals surface area (Å²) in [5.41, 5.74) is 8.82. The summed E-state index contributed by atoms with van der Waals surface area (Å²) in [5, 5.41) is 10.1. The van der Waals surface area contributed by atoms with E-state index in [0.29, 0.717) is 31.9 Å². The molecule has 4 rings (SSSR count). The quantitative estimate of drug-likeness (QED) is 0.906. The summed E-state index contributed by atoms with van der Waals surface area (Å²) in [6, 6.07) is 3.90. The van der Waals surface area contributed by atoms with Gasteiger partial charge in [-0.2, -0.15) is 5.10 Å². The highest BCUT2D eigenvalue weighted by Crippen LogP contribution is 2.33. The van der Waals surface area contributed by atoms with Crippen molar-refractivity contribution in [3.63, 3.8) is 0 Å². The molecule has 6 nitrogen and oxygen atoms in total. The van der Waals surface area contributed by atoms with Crippen LogP contribution >= 0.6 is 11.3 Å². The molecule has 0 radical (unpaired) electrons. The van der Waals surface area contributed by atoms with Crippen LogP contribution in [-0.4, -0.2) is 34.2 Å². The van der Waals surface area contributed by atoms with Crippen molar-refractivity contribution in [3.05, 3.63) is 39.2 Å². The molecule has 23 heavy (non-hydrogen) atoms. The van der Waals surface area contributed by atoms with Crippen LogP contribution in [0, 0.1) is 0 Å². The molecule has 2 aliphatic heterocycles. The van der Waals surface area contributed by atoms with Gasteiger partial charge in [0.25, 0.3) is 0 Å². The number of rotatable bonds is 2. The normalized spacial score (nSPS) is 20.0. The number of fused-ring (bicyclic) bond motifs is 2. The van der Waals surface area contributed by atoms with Gasteiger partial charge in [-0.3, -0.25) is 4.79 Å². The molecule has 1 atom stereocenters. The zero-order valence-electron chi connectivity index (χ0n) is 12.7. The van der Waals surface area contributed by atoms with E-state index in [2.05, 4.69) is 21.6 Å². The van der Waals surface area contributed by atoms with E-state index >= 15 is 0 Å². The SMILES string of the molecule is Nc1cc2c(nn1)CCN(C(=O)C[C@@H]1OCCc3sccc31)C2. The van der Waals surface area contributed by atoms with Gasteiger partial charge in [0.15, 0.2) is 0 Å². The molecule has 2 aromatic rings. The predicted octanol–water partition coefficient (Wildman–Crippen LogP) is 1.71. The number of thiophene rings is 1. The van der Waals surface area contributed by atoms with E-state index in [1.54, 1.807) is 11.3 Å². The van der Waals surface area contributed by atoms with Crippen molar-refractivity contribution >= 4 is 23.1 Å². The Kier molecular flexibility index (Phi) is 3.74.